The SMILES string of the molecule is CCNCc1cc(F)ccc1OCc1ncon1. The second-order valence-electron chi connectivity index (χ2n) is 3.67. The molecule has 96 valence electrons. The molecule has 0 saturated carbocycles. The quantitative estimate of drug-likeness (QED) is 0.849. The van der Waals surface area contributed by atoms with Crippen molar-refractivity contribution in [2.24, 2.45) is 0 Å². The van der Waals surface area contributed by atoms with E-state index in [1.54, 1.807) is 6.07 Å². The smallest absolute Gasteiger partial charge is 0.213 e. The summed E-state index contributed by atoms with van der Waals surface area (Å²) in [5, 5.41) is 6.77. The first kappa shape index (κ1) is 12.5. The molecule has 0 aliphatic carbocycles. The zero-order chi connectivity index (χ0) is 12.8. The fourth-order valence-corrected chi connectivity index (χ4v) is 1.48. The number of rotatable bonds is 6. The molecule has 1 N–H and O–H groups in total. The van der Waals surface area contributed by atoms with E-state index in [0.717, 1.165) is 12.1 Å². The van der Waals surface area contributed by atoms with E-state index < -0.39 is 0 Å². The number of hydrogen-bond donors (Lipinski definition) is 1. The highest BCUT2D eigenvalue weighted by Crippen LogP contribution is 2.20. The van der Waals surface area contributed by atoms with Crippen LogP contribution in [-0.4, -0.2) is 16.7 Å². The molecule has 5 nitrogen and oxygen atoms in total. The minimum absolute atomic E-state index is 0.196. The third kappa shape index (κ3) is 3.27. The van der Waals surface area contributed by atoms with Crippen LogP contribution >= 0.6 is 0 Å². The summed E-state index contributed by atoms with van der Waals surface area (Å²) in [4.78, 5) is 3.85. The van der Waals surface area contributed by atoms with Gasteiger partial charge in [-0.15, -0.1) is 0 Å². The second kappa shape index (κ2) is 6.11. The van der Waals surface area contributed by atoms with Gasteiger partial charge in [-0.1, -0.05) is 12.1 Å². The maximum absolute atomic E-state index is 13.2. The molecule has 0 fully saturated rings. The largest absolute Gasteiger partial charge is 0.485 e. The number of halogens is 1. The minimum Gasteiger partial charge on any atom is -0.485 e. The highest BCUT2D eigenvalue weighted by molar-refractivity contribution is 5.33. The Morgan fingerprint density at radius 3 is 3.06 bits per heavy atom. The third-order valence-electron chi connectivity index (χ3n) is 2.35. The van der Waals surface area contributed by atoms with Crippen molar-refractivity contribution >= 4 is 0 Å². The van der Waals surface area contributed by atoms with Gasteiger partial charge >= 0.3 is 0 Å². The number of aromatic nitrogens is 2. The molecular weight excluding hydrogens is 237 g/mol. The van der Waals surface area contributed by atoms with Crippen LogP contribution in [0, 0.1) is 5.82 Å². The first-order valence-electron chi connectivity index (χ1n) is 5.66. The van der Waals surface area contributed by atoms with Crippen LogP contribution in [0.15, 0.2) is 29.1 Å². The molecule has 1 aromatic heterocycles. The highest BCUT2D eigenvalue weighted by atomic mass is 19.1. The van der Waals surface area contributed by atoms with Crippen molar-refractivity contribution in [1.82, 2.24) is 15.5 Å². The molecular formula is C12H14FN3O2. The average Bonchev–Trinajstić information content (AvgIpc) is 2.88. The molecule has 0 atom stereocenters. The van der Waals surface area contributed by atoms with Crippen molar-refractivity contribution in [2.45, 2.75) is 20.1 Å². The lowest BCUT2D eigenvalue weighted by molar-refractivity contribution is 0.283. The van der Waals surface area contributed by atoms with Gasteiger partial charge in [0, 0.05) is 12.1 Å². The minimum atomic E-state index is -0.283. The summed E-state index contributed by atoms with van der Waals surface area (Å²) >= 11 is 0. The van der Waals surface area contributed by atoms with Crippen LogP contribution in [0.25, 0.3) is 0 Å². The number of benzene rings is 1. The fourth-order valence-electron chi connectivity index (χ4n) is 1.48. The fraction of sp³-hybridized carbons (Fsp3) is 0.333. The van der Waals surface area contributed by atoms with E-state index in [9.17, 15) is 4.39 Å². The third-order valence-corrected chi connectivity index (χ3v) is 2.35. The number of nitrogens with one attached hydrogen (secondary N) is 1. The molecule has 2 aromatic rings. The summed E-state index contributed by atoms with van der Waals surface area (Å²) < 4.78 is 23.3. The van der Waals surface area contributed by atoms with Crippen LogP contribution in [-0.2, 0) is 13.2 Å². The molecule has 0 amide bonds. The average molecular weight is 251 g/mol. The van der Waals surface area contributed by atoms with Gasteiger partial charge in [-0.2, -0.15) is 4.98 Å². The van der Waals surface area contributed by atoms with Crippen molar-refractivity contribution in [3.05, 3.63) is 41.8 Å². The topological polar surface area (TPSA) is 60.2 Å². The predicted octanol–water partition coefficient (Wildman–Crippen LogP) is 1.90. The molecule has 0 aliphatic rings. The van der Waals surface area contributed by atoms with Crippen LogP contribution in [0.2, 0.25) is 0 Å². The number of nitrogens with zero attached hydrogens (tertiary/aromatic N) is 2. The molecule has 0 aliphatic heterocycles. The maximum Gasteiger partial charge on any atom is 0.213 e. The Bertz CT molecular complexity index is 488. The van der Waals surface area contributed by atoms with E-state index in [2.05, 4.69) is 20.0 Å². The molecule has 6 heteroatoms. The number of hydrogen-bond acceptors (Lipinski definition) is 5. The molecule has 0 unspecified atom stereocenters. The van der Waals surface area contributed by atoms with Crippen molar-refractivity contribution in [3.8, 4) is 5.75 Å². The molecule has 0 bridgehead atoms. The predicted molar refractivity (Wildman–Crippen MR) is 62.4 cm³/mol. The summed E-state index contributed by atoms with van der Waals surface area (Å²) in [7, 11) is 0. The lowest BCUT2D eigenvalue weighted by Gasteiger charge is -2.10. The van der Waals surface area contributed by atoms with Gasteiger partial charge in [0.2, 0.25) is 12.2 Å². The van der Waals surface area contributed by atoms with Crippen LogP contribution in [0.3, 0.4) is 0 Å². The van der Waals surface area contributed by atoms with Crippen molar-refractivity contribution < 1.29 is 13.7 Å². The molecule has 1 aromatic carbocycles. The summed E-state index contributed by atoms with van der Waals surface area (Å²) in [6.45, 7) is 3.54. The van der Waals surface area contributed by atoms with E-state index in [1.165, 1.54) is 18.5 Å². The normalized spacial score (nSPS) is 10.6. The summed E-state index contributed by atoms with van der Waals surface area (Å²) in [5.74, 6) is 0.783. The van der Waals surface area contributed by atoms with Crippen molar-refractivity contribution in [3.63, 3.8) is 0 Å². The Kier molecular flexibility index (Phi) is 4.25. The standard InChI is InChI=1S/C12H14FN3O2/c1-2-14-6-9-5-10(13)3-4-11(9)17-7-12-15-8-18-16-12/h3-5,8,14H,2,6-7H2,1H3. The Labute approximate surface area is 104 Å². The molecule has 0 saturated heterocycles. The van der Waals surface area contributed by atoms with Gasteiger partial charge in [0.15, 0.2) is 6.61 Å². The van der Waals surface area contributed by atoms with E-state index in [-0.39, 0.29) is 12.4 Å². The van der Waals surface area contributed by atoms with Crippen molar-refractivity contribution in [2.75, 3.05) is 6.54 Å². The van der Waals surface area contributed by atoms with Gasteiger partial charge in [0.05, 0.1) is 0 Å². The van der Waals surface area contributed by atoms with E-state index >= 15 is 0 Å². The van der Waals surface area contributed by atoms with Crippen LogP contribution in [0.4, 0.5) is 4.39 Å². The van der Waals surface area contributed by atoms with Gasteiger partial charge in [-0.05, 0) is 24.7 Å². The van der Waals surface area contributed by atoms with Crippen LogP contribution in [0.1, 0.15) is 18.3 Å². The number of ether oxygens (including phenoxy) is 1. The van der Waals surface area contributed by atoms with Gasteiger partial charge in [-0.25, -0.2) is 4.39 Å². The Morgan fingerprint density at radius 2 is 2.33 bits per heavy atom. The van der Waals surface area contributed by atoms with Crippen LogP contribution in [0.5, 0.6) is 5.75 Å². The first-order chi connectivity index (χ1) is 8.79. The summed E-state index contributed by atoms with van der Waals surface area (Å²) in [6, 6.07) is 4.41. The first-order valence-corrected chi connectivity index (χ1v) is 5.66. The second-order valence-corrected chi connectivity index (χ2v) is 3.67. The zero-order valence-corrected chi connectivity index (χ0v) is 10.0. The maximum atomic E-state index is 13.2. The summed E-state index contributed by atoms with van der Waals surface area (Å²) in [5.41, 5.74) is 0.764. The van der Waals surface area contributed by atoms with Gasteiger partial charge in [-0.3, -0.25) is 0 Å². The lowest BCUT2D eigenvalue weighted by atomic mass is 10.2. The Hall–Kier alpha value is -1.95. The highest BCUT2D eigenvalue weighted by Gasteiger charge is 2.07. The zero-order valence-electron chi connectivity index (χ0n) is 10.0. The molecule has 1 heterocycles. The Balaban J connectivity index is 2.05. The van der Waals surface area contributed by atoms with Gasteiger partial charge in [0.1, 0.15) is 11.6 Å². The van der Waals surface area contributed by atoms with Crippen molar-refractivity contribution in [1.29, 1.82) is 0 Å². The van der Waals surface area contributed by atoms with Gasteiger partial charge < -0.3 is 14.6 Å². The van der Waals surface area contributed by atoms with E-state index in [4.69, 9.17) is 4.74 Å². The lowest BCUT2D eigenvalue weighted by Crippen LogP contribution is -2.13. The van der Waals surface area contributed by atoms with E-state index in [0.29, 0.717) is 18.1 Å². The molecule has 0 spiro atoms. The van der Waals surface area contributed by atoms with Gasteiger partial charge in [0.25, 0.3) is 0 Å². The molecule has 18 heavy (non-hydrogen) atoms. The Morgan fingerprint density at radius 1 is 1.44 bits per heavy atom. The monoisotopic (exact) mass is 251 g/mol. The van der Waals surface area contributed by atoms with E-state index in [1.807, 2.05) is 6.92 Å². The molecule has 2 rings (SSSR count). The summed E-state index contributed by atoms with van der Waals surface area (Å²) in [6.07, 6.45) is 1.24. The van der Waals surface area contributed by atoms with Crippen LogP contribution < -0.4 is 10.1 Å². The molecule has 0 radical (unpaired) electrons.